The Labute approximate surface area is 282 Å². The maximum absolute atomic E-state index is 9.19. The zero-order chi connectivity index (χ0) is 44.7. The third-order valence-corrected chi connectivity index (χ3v) is 8.03. The van der Waals surface area contributed by atoms with Gasteiger partial charge in [-0.15, -0.1) is 0 Å². The molecule has 204 valence electrons. The van der Waals surface area contributed by atoms with Gasteiger partial charge in [-0.25, -0.2) is 0 Å². The average molecular weight is 575 g/mol. The topological polar surface area (TPSA) is 0 Å². The summed E-state index contributed by atoms with van der Waals surface area (Å²) in [5.74, 6) is 0. The van der Waals surface area contributed by atoms with Crippen LogP contribution >= 0.6 is 0 Å². The monoisotopic (exact) mass is 574 g/mol. The molecule has 0 nitrogen and oxygen atoms in total. The van der Waals surface area contributed by atoms with Crippen LogP contribution in [0.15, 0.2) is 169 Å². The molecule has 9 aromatic rings. The summed E-state index contributed by atoms with van der Waals surface area (Å²) in [4.78, 5) is 0. The molecule has 0 heteroatoms. The first-order valence-electron chi connectivity index (χ1n) is 22.8. The summed E-state index contributed by atoms with van der Waals surface area (Å²) in [7, 11) is 0. The first kappa shape index (κ1) is 12.9. The van der Waals surface area contributed by atoms with Crippen LogP contribution in [0, 0.1) is 0 Å². The van der Waals surface area contributed by atoms with Crippen molar-refractivity contribution in [3.05, 3.63) is 169 Å². The lowest BCUT2D eigenvalue weighted by Crippen LogP contribution is -1.92. The number of hydrogen-bond acceptors (Lipinski definition) is 0. The molecule has 9 rings (SSSR count). The molecule has 0 heterocycles. The fraction of sp³-hybridized carbons (Fsp3) is 0. The van der Waals surface area contributed by atoms with Crippen molar-refractivity contribution in [2.75, 3.05) is 0 Å². The highest BCUT2D eigenvalue weighted by atomic mass is 14.2. The zero-order valence-electron chi connectivity index (χ0n) is 40.8. The minimum atomic E-state index is -0.672. The van der Waals surface area contributed by atoms with E-state index in [2.05, 4.69) is 0 Å². The highest BCUT2D eigenvalue weighted by molar-refractivity contribution is 6.34. The lowest BCUT2D eigenvalue weighted by atomic mass is 9.84. The predicted molar refractivity (Wildman–Crippen MR) is 189 cm³/mol. The third-order valence-electron chi connectivity index (χ3n) is 8.03. The van der Waals surface area contributed by atoms with Crippen molar-refractivity contribution in [2.45, 2.75) is 0 Å². The molecule has 44 heavy (non-hydrogen) atoms. The van der Waals surface area contributed by atoms with E-state index in [0.29, 0.717) is 26.9 Å². The van der Waals surface area contributed by atoms with Crippen LogP contribution in [0.1, 0.15) is 24.7 Å². The number of hydrogen-bond donors (Lipinski definition) is 0. The smallest absolute Gasteiger partial charge is 0.0622 e. The van der Waals surface area contributed by atoms with E-state index in [4.69, 9.17) is 23.3 Å². The molecule has 0 N–H and O–H groups in total. The molecule has 0 radical (unpaired) electrons. The van der Waals surface area contributed by atoms with Crippen LogP contribution in [-0.2, 0) is 0 Å². The maximum Gasteiger partial charge on any atom is 0.0629 e. The summed E-state index contributed by atoms with van der Waals surface area (Å²) in [6.45, 7) is 0. The molecule has 0 aliphatic carbocycles. The quantitative estimate of drug-likeness (QED) is 0.145. The van der Waals surface area contributed by atoms with Crippen molar-refractivity contribution in [3.63, 3.8) is 0 Å². The van der Waals surface area contributed by atoms with Crippen LogP contribution in [0.3, 0.4) is 0 Å². The molecule has 0 saturated carbocycles. The fourth-order valence-corrected chi connectivity index (χ4v) is 6.25. The van der Waals surface area contributed by atoms with Crippen LogP contribution in [-0.4, -0.2) is 0 Å². The van der Waals surface area contributed by atoms with Crippen LogP contribution in [0.4, 0.5) is 0 Å². The van der Waals surface area contributed by atoms with Crippen molar-refractivity contribution in [2.24, 2.45) is 0 Å². The van der Waals surface area contributed by atoms with Crippen LogP contribution in [0.5, 0.6) is 0 Å². The first-order chi connectivity index (χ1) is 29.3. The van der Waals surface area contributed by atoms with Crippen molar-refractivity contribution < 1.29 is 24.7 Å². The van der Waals surface area contributed by atoms with E-state index in [1.54, 1.807) is 42.5 Å². The molecule has 0 bridgehead atoms. The van der Waals surface area contributed by atoms with Gasteiger partial charge in [0.15, 0.2) is 0 Å². The molecule has 0 aliphatic heterocycles. The summed E-state index contributed by atoms with van der Waals surface area (Å²) in [6, 6.07) is 6.53. The van der Waals surface area contributed by atoms with Gasteiger partial charge in [0, 0.05) is 0 Å². The SMILES string of the molecule is [2H]c1c([2H])c([2H])c(-c2c([2H])c([2H])c([2H])c([2H])c2-c2cc3cccc4c5ccc(-c6c([2H])c([2H])c([2H])c([2H])c6-c6c([2H])c([2H])c([2H])c([2H])c6[2H])c6cccc(c(c2)c34)c65)c([2H])c1[2H]. The normalized spacial score (nSPS) is 17.4. The van der Waals surface area contributed by atoms with Gasteiger partial charge in [0.25, 0.3) is 0 Å². The van der Waals surface area contributed by atoms with Crippen molar-refractivity contribution in [3.8, 4) is 44.5 Å². The van der Waals surface area contributed by atoms with Crippen molar-refractivity contribution >= 4 is 43.1 Å². The van der Waals surface area contributed by atoms with Crippen LogP contribution in [0.25, 0.3) is 87.6 Å². The maximum atomic E-state index is 9.19. The molecule has 0 unspecified atom stereocenters. The third kappa shape index (κ3) is 3.78. The summed E-state index contributed by atoms with van der Waals surface area (Å²) in [5.41, 5.74) is -0.950. The van der Waals surface area contributed by atoms with Gasteiger partial charge >= 0.3 is 0 Å². The molecule has 0 spiro atoms. The molecule has 0 fully saturated rings. The second-order valence-electron chi connectivity index (χ2n) is 10.3. The van der Waals surface area contributed by atoms with E-state index < -0.39 is 109 Å². The van der Waals surface area contributed by atoms with Gasteiger partial charge < -0.3 is 0 Å². The van der Waals surface area contributed by atoms with Gasteiger partial charge in [0.05, 0.1) is 24.7 Å². The van der Waals surface area contributed by atoms with E-state index >= 15 is 0 Å². The first-order valence-corrected chi connectivity index (χ1v) is 13.8. The minimum absolute atomic E-state index is 0.0838. The van der Waals surface area contributed by atoms with Gasteiger partial charge in [-0.2, -0.15) is 0 Å². The van der Waals surface area contributed by atoms with Crippen LogP contribution < -0.4 is 0 Å². The second-order valence-corrected chi connectivity index (χ2v) is 10.3. The molecule has 0 aliphatic rings. The van der Waals surface area contributed by atoms with Crippen molar-refractivity contribution in [1.29, 1.82) is 0 Å². The Bertz CT molecular complexity index is 3440. The van der Waals surface area contributed by atoms with E-state index in [0.717, 1.165) is 16.2 Å². The highest BCUT2D eigenvalue weighted by Gasteiger charge is 2.18. The number of rotatable bonds is 4. The molecule has 0 atom stereocenters. The molecule has 0 saturated heterocycles. The fourth-order valence-electron chi connectivity index (χ4n) is 6.25. The molecule has 0 aromatic heterocycles. The minimum Gasteiger partial charge on any atom is -0.0622 e. The number of benzene rings is 9. The Kier molecular flexibility index (Phi) is 2.91. The zero-order valence-corrected chi connectivity index (χ0v) is 22.8. The number of fused-ring (bicyclic) bond motifs is 2. The molecular weight excluding hydrogens is 528 g/mol. The Morgan fingerprint density at radius 1 is 0.318 bits per heavy atom. The summed E-state index contributed by atoms with van der Waals surface area (Å²) >= 11 is 0. The Balaban J connectivity index is 1.43. The standard InChI is InChI=1S/C44H28/c1-3-13-29(14-4-1)33-18-7-8-20-35(33)32-27-31-17-11-22-39-41-26-25-37(36-21-10-9-19-34(36)30-15-5-2-6-16-30)38-23-12-24-40(44(38)41)42(28-32)43(31)39/h1-28H/i1D,2D,3D,4D,5D,6D,7D,8D,9D,10D,13D,14D,15D,16D,18D,19D,20D,21D. The highest BCUT2D eigenvalue weighted by Crippen LogP contribution is 2.46. The van der Waals surface area contributed by atoms with Crippen LogP contribution in [0.2, 0.25) is 0 Å². The molecule has 9 aromatic carbocycles. The predicted octanol–water partition coefficient (Wildman–Crippen LogP) is 12.4. The second kappa shape index (κ2) is 9.93. The van der Waals surface area contributed by atoms with Gasteiger partial charge in [0.1, 0.15) is 0 Å². The largest absolute Gasteiger partial charge is 0.0629 e. The van der Waals surface area contributed by atoms with E-state index in [9.17, 15) is 1.37 Å². The lowest BCUT2D eigenvalue weighted by molar-refractivity contribution is 1.60. The van der Waals surface area contributed by atoms with Gasteiger partial charge in [-0.1, -0.05) is 157 Å². The molecule has 0 amide bonds. The Morgan fingerprint density at radius 3 is 1.50 bits per heavy atom. The molecular formula is C44H28. The van der Waals surface area contributed by atoms with Gasteiger partial charge in [-0.05, 0) is 99.7 Å². The lowest BCUT2D eigenvalue weighted by Gasteiger charge is -2.19. The van der Waals surface area contributed by atoms with E-state index in [-0.39, 0.29) is 44.5 Å². The average Bonchev–Trinajstić information content (AvgIpc) is 3.27. The van der Waals surface area contributed by atoms with E-state index in [1.807, 2.05) is 18.2 Å². The Hall–Kier alpha value is -5.72. The van der Waals surface area contributed by atoms with Gasteiger partial charge in [0.2, 0.25) is 0 Å². The van der Waals surface area contributed by atoms with Crippen molar-refractivity contribution in [1.82, 2.24) is 0 Å². The Morgan fingerprint density at radius 2 is 0.818 bits per heavy atom. The van der Waals surface area contributed by atoms with E-state index in [1.165, 1.54) is 0 Å². The summed E-state index contributed by atoms with van der Waals surface area (Å²) < 4.78 is 156. The summed E-state index contributed by atoms with van der Waals surface area (Å²) in [5, 5.41) is 5.29. The van der Waals surface area contributed by atoms with Gasteiger partial charge in [-0.3, -0.25) is 0 Å². The summed E-state index contributed by atoms with van der Waals surface area (Å²) in [6.07, 6.45) is 0.